The quantitative estimate of drug-likeness (QED) is 0.777. The van der Waals surface area contributed by atoms with Crippen LogP contribution in [-0.2, 0) is 16.3 Å². The smallest absolute Gasteiger partial charge is 0.341 e. The molecule has 124 valence electrons. The Hall–Kier alpha value is -2.02. The van der Waals surface area contributed by atoms with Crippen LogP contribution in [0.25, 0.3) is 0 Å². The molecular formula is C16H16F3NO2S. The summed E-state index contributed by atoms with van der Waals surface area (Å²) in [6.07, 6.45) is 1.45. The van der Waals surface area contributed by atoms with E-state index in [1.807, 2.05) is 6.07 Å². The predicted octanol–water partition coefficient (Wildman–Crippen LogP) is 3.87. The molecule has 0 fully saturated rings. The summed E-state index contributed by atoms with van der Waals surface area (Å²) in [5, 5.41) is 3.06. The summed E-state index contributed by atoms with van der Waals surface area (Å²) >= 11 is 0. The van der Waals surface area contributed by atoms with E-state index in [1.54, 1.807) is 6.07 Å². The van der Waals surface area contributed by atoms with Crippen molar-refractivity contribution in [2.45, 2.75) is 23.5 Å². The zero-order chi connectivity index (χ0) is 16.9. The molecule has 7 heteroatoms. The van der Waals surface area contributed by atoms with Crippen molar-refractivity contribution < 1.29 is 21.6 Å². The van der Waals surface area contributed by atoms with Gasteiger partial charge in [-0.25, -0.2) is 12.8 Å². The lowest BCUT2D eigenvalue weighted by atomic mass is 10.1. The second kappa shape index (κ2) is 7.50. The number of alkyl halides is 2. The third kappa shape index (κ3) is 4.72. The zero-order valence-corrected chi connectivity index (χ0v) is 13.0. The van der Waals surface area contributed by atoms with Gasteiger partial charge in [0.1, 0.15) is 5.82 Å². The minimum atomic E-state index is -4.56. The van der Waals surface area contributed by atoms with Crippen molar-refractivity contribution in [1.82, 2.24) is 0 Å². The first-order chi connectivity index (χ1) is 10.9. The van der Waals surface area contributed by atoms with E-state index in [-0.39, 0.29) is 5.82 Å². The number of hydrogen-bond donors (Lipinski definition) is 1. The topological polar surface area (TPSA) is 46.2 Å². The van der Waals surface area contributed by atoms with E-state index in [0.717, 1.165) is 24.1 Å². The van der Waals surface area contributed by atoms with Crippen LogP contribution in [0.4, 0.5) is 18.9 Å². The van der Waals surface area contributed by atoms with Crippen molar-refractivity contribution in [3.05, 3.63) is 59.9 Å². The first-order valence-electron chi connectivity index (χ1n) is 7.00. The van der Waals surface area contributed by atoms with Crippen molar-refractivity contribution in [3.63, 3.8) is 0 Å². The lowest BCUT2D eigenvalue weighted by Gasteiger charge is -2.08. The second-order valence-electron chi connectivity index (χ2n) is 4.99. The van der Waals surface area contributed by atoms with E-state index in [4.69, 9.17) is 0 Å². The Balaban J connectivity index is 1.85. The molecule has 0 aliphatic carbocycles. The Morgan fingerprint density at radius 1 is 1.04 bits per heavy atom. The molecule has 0 aliphatic heterocycles. The van der Waals surface area contributed by atoms with Gasteiger partial charge in [-0.15, -0.1) is 0 Å². The van der Waals surface area contributed by atoms with Crippen molar-refractivity contribution in [2.24, 2.45) is 0 Å². The van der Waals surface area contributed by atoms with E-state index >= 15 is 0 Å². The van der Waals surface area contributed by atoms with Crippen molar-refractivity contribution >= 4 is 15.5 Å². The Labute approximate surface area is 133 Å². The predicted molar refractivity (Wildman–Crippen MR) is 82.8 cm³/mol. The number of hydrogen-bond acceptors (Lipinski definition) is 3. The summed E-state index contributed by atoms with van der Waals surface area (Å²) in [6.45, 7) is 0.595. The lowest BCUT2D eigenvalue weighted by molar-refractivity contribution is 0.234. The van der Waals surface area contributed by atoms with E-state index in [9.17, 15) is 21.6 Å². The standard InChI is InChI=1S/C16H16F3NO2S/c17-13-5-1-3-12(11-13)4-2-10-20-14-6-8-15(9-7-14)23(21,22)16(18)19/h1,3,5-9,11,16,20H,2,4,10H2. The first kappa shape index (κ1) is 17.3. The molecule has 2 aromatic rings. The van der Waals surface area contributed by atoms with Gasteiger partial charge in [0.15, 0.2) is 0 Å². The SMILES string of the molecule is O=S(=O)(c1ccc(NCCCc2cccc(F)c2)cc1)C(F)F. The third-order valence-electron chi connectivity index (χ3n) is 3.28. The highest BCUT2D eigenvalue weighted by Gasteiger charge is 2.26. The van der Waals surface area contributed by atoms with E-state index in [0.29, 0.717) is 18.7 Å². The van der Waals surface area contributed by atoms with Crippen LogP contribution < -0.4 is 5.32 Å². The molecule has 3 nitrogen and oxygen atoms in total. The summed E-state index contributed by atoms with van der Waals surface area (Å²) < 4.78 is 60.4. The molecule has 0 amide bonds. The normalized spacial score (nSPS) is 11.7. The third-order valence-corrected chi connectivity index (χ3v) is 4.68. The minimum absolute atomic E-state index is 0.272. The molecule has 0 atom stereocenters. The Morgan fingerprint density at radius 3 is 2.35 bits per heavy atom. The van der Waals surface area contributed by atoms with Crippen molar-refractivity contribution in [3.8, 4) is 0 Å². The molecule has 2 rings (SSSR count). The number of halogens is 3. The van der Waals surface area contributed by atoms with Crippen LogP contribution in [0.5, 0.6) is 0 Å². The van der Waals surface area contributed by atoms with Crippen LogP contribution in [-0.4, -0.2) is 20.7 Å². The van der Waals surface area contributed by atoms with Crippen LogP contribution in [0.2, 0.25) is 0 Å². The fraction of sp³-hybridized carbons (Fsp3) is 0.250. The van der Waals surface area contributed by atoms with Gasteiger partial charge in [-0.05, 0) is 54.8 Å². The molecule has 0 unspecified atom stereocenters. The molecule has 2 aromatic carbocycles. The van der Waals surface area contributed by atoms with Gasteiger partial charge in [0.25, 0.3) is 0 Å². The highest BCUT2D eigenvalue weighted by molar-refractivity contribution is 7.91. The Morgan fingerprint density at radius 2 is 1.74 bits per heavy atom. The lowest BCUT2D eigenvalue weighted by Crippen LogP contribution is -2.11. The van der Waals surface area contributed by atoms with Crippen LogP contribution in [0.1, 0.15) is 12.0 Å². The van der Waals surface area contributed by atoms with Gasteiger partial charge in [0.05, 0.1) is 4.90 Å². The molecule has 0 bridgehead atoms. The number of aryl methyl sites for hydroxylation is 1. The average molecular weight is 343 g/mol. The molecule has 0 saturated carbocycles. The maximum atomic E-state index is 13.0. The number of benzene rings is 2. The summed E-state index contributed by atoms with van der Waals surface area (Å²) in [6, 6.07) is 11.5. The van der Waals surface area contributed by atoms with E-state index in [1.165, 1.54) is 24.3 Å². The molecule has 0 aliphatic rings. The maximum absolute atomic E-state index is 13.0. The van der Waals surface area contributed by atoms with Gasteiger partial charge in [-0.1, -0.05) is 12.1 Å². The van der Waals surface area contributed by atoms with E-state index < -0.39 is 20.5 Å². The van der Waals surface area contributed by atoms with Crippen LogP contribution in [0.3, 0.4) is 0 Å². The van der Waals surface area contributed by atoms with E-state index in [2.05, 4.69) is 5.32 Å². The number of anilines is 1. The van der Waals surface area contributed by atoms with Gasteiger partial charge in [0.2, 0.25) is 9.84 Å². The van der Waals surface area contributed by atoms with Gasteiger partial charge >= 0.3 is 5.76 Å². The van der Waals surface area contributed by atoms with Gasteiger partial charge in [0, 0.05) is 12.2 Å². The molecule has 0 heterocycles. The van der Waals surface area contributed by atoms with Crippen LogP contribution in [0.15, 0.2) is 53.4 Å². The maximum Gasteiger partial charge on any atom is 0.341 e. The molecule has 0 aromatic heterocycles. The van der Waals surface area contributed by atoms with Crippen LogP contribution in [0, 0.1) is 5.82 Å². The summed E-state index contributed by atoms with van der Waals surface area (Å²) in [7, 11) is -4.56. The summed E-state index contributed by atoms with van der Waals surface area (Å²) in [5.41, 5.74) is 1.53. The first-order valence-corrected chi connectivity index (χ1v) is 8.54. The highest BCUT2D eigenvalue weighted by atomic mass is 32.2. The van der Waals surface area contributed by atoms with Gasteiger partial charge in [-0.2, -0.15) is 8.78 Å². The Kier molecular flexibility index (Phi) is 5.65. The monoisotopic (exact) mass is 343 g/mol. The summed E-state index contributed by atoms with van der Waals surface area (Å²) in [5.74, 6) is -3.70. The minimum Gasteiger partial charge on any atom is -0.385 e. The largest absolute Gasteiger partial charge is 0.385 e. The molecular weight excluding hydrogens is 327 g/mol. The zero-order valence-electron chi connectivity index (χ0n) is 12.2. The van der Waals surface area contributed by atoms with Crippen molar-refractivity contribution in [2.75, 3.05) is 11.9 Å². The molecule has 0 radical (unpaired) electrons. The molecule has 1 N–H and O–H groups in total. The fourth-order valence-electron chi connectivity index (χ4n) is 2.08. The number of sulfone groups is 1. The second-order valence-corrected chi connectivity index (χ2v) is 6.91. The van der Waals surface area contributed by atoms with Gasteiger partial charge < -0.3 is 5.32 Å². The summed E-state index contributed by atoms with van der Waals surface area (Å²) in [4.78, 5) is -0.405. The number of nitrogens with one attached hydrogen (secondary N) is 1. The van der Waals surface area contributed by atoms with Gasteiger partial charge in [-0.3, -0.25) is 0 Å². The average Bonchev–Trinajstić information content (AvgIpc) is 2.52. The Bertz CT molecular complexity index is 746. The van der Waals surface area contributed by atoms with Crippen LogP contribution >= 0.6 is 0 Å². The van der Waals surface area contributed by atoms with Crippen molar-refractivity contribution in [1.29, 1.82) is 0 Å². The fourth-order valence-corrected chi connectivity index (χ4v) is 2.80. The molecule has 0 saturated heterocycles. The molecule has 23 heavy (non-hydrogen) atoms. The number of rotatable bonds is 7. The highest BCUT2D eigenvalue weighted by Crippen LogP contribution is 2.20. The molecule has 0 spiro atoms.